The van der Waals surface area contributed by atoms with Gasteiger partial charge < -0.3 is 11.1 Å². The van der Waals surface area contributed by atoms with Crippen molar-refractivity contribution in [2.75, 3.05) is 17.6 Å². The van der Waals surface area contributed by atoms with Crippen molar-refractivity contribution >= 4 is 23.4 Å². The maximum absolute atomic E-state index is 5.81. The second-order valence-electron chi connectivity index (χ2n) is 5.55. The Morgan fingerprint density at radius 3 is 2.59 bits per heavy atom. The van der Waals surface area contributed by atoms with Crippen LogP contribution in [0.5, 0.6) is 0 Å². The van der Waals surface area contributed by atoms with Crippen molar-refractivity contribution in [3.8, 4) is 0 Å². The van der Waals surface area contributed by atoms with Crippen LogP contribution in [0.15, 0.2) is 6.07 Å². The van der Waals surface area contributed by atoms with Crippen molar-refractivity contribution in [1.82, 2.24) is 9.97 Å². The number of nitrogen functional groups attached to an aromatic ring is 1. The summed E-state index contributed by atoms with van der Waals surface area (Å²) in [6, 6.07) is 1.68. The minimum Gasteiger partial charge on any atom is -0.369 e. The van der Waals surface area contributed by atoms with Gasteiger partial charge in [-0.3, -0.25) is 0 Å². The van der Waals surface area contributed by atoms with E-state index in [4.69, 9.17) is 17.3 Å². The molecule has 1 heterocycles. The van der Waals surface area contributed by atoms with Gasteiger partial charge in [0.25, 0.3) is 0 Å². The monoisotopic (exact) mass is 256 g/mol. The van der Waals surface area contributed by atoms with Gasteiger partial charge in [0.2, 0.25) is 5.95 Å². The molecule has 0 aliphatic heterocycles. The highest BCUT2D eigenvalue weighted by Gasteiger charge is 2.19. The van der Waals surface area contributed by atoms with Gasteiger partial charge in [-0.15, -0.1) is 0 Å². The fraction of sp³-hybridized carbons (Fsp3) is 0.667. The summed E-state index contributed by atoms with van der Waals surface area (Å²) in [6.07, 6.45) is 1.15. The molecule has 0 atom stereocenters. The predicted molar refractivity (Wildman–Crippen MR) is 73.2 cm³/mol. The van der Waals surface area contributed by atoms with Gasteiger partial charge in [-0.2, -0.15) is 4.98 Å². The second kappa shape index (κ2) is 5.54. The van der Waals surface area contributed by atoms with Crippen molar-refractivity contribution in [3.05, 3.63) is 11.2 Å². The van der Waals surface area contributed by atoms with Gasteiger partial charge in [0, 0.05) is 12.6 Å². The standard InChI is InChI=1S/C12H21ClN4/c1-8(2)6-12(3,4)7-15-10-5-9(13)16-11(14)17-10/h5,8H,6-7H2,1-4H3,(H3,14,15,16,17). The Hall–Kier alpha value is -1.03. The summed E-state index contributed by atoms with van der Waals surface area (Å²) < 4.78 is 0. The number of rotatable bonds is 5. The molecule has 0 saturated carbocycles. The van der Waals surface area contributed by atoms with Crippen LogP contribution in [0.1, 0.15) is 34.1 Å². The summed E-state index contributed by atoms with van der Waals surface area (Å²) in [5.41, 5.74) is 5.74. The molecule has 0 aromatic carbocycles. The SMILES string of the molecule is CC(C)CC(C)(C)CNc1cc(Cl)nc(N)n1. The first-order chi connectivity index (χ1) is 7.78. The first-order valence-electron chi connectivity index (χ1n) is 5.82. The highest BCUT2D eigenvalue weighted by Crippen LogP contribution is 2.25. The average Bonchev–Trinajstić information content (AvgIpc) is 2.11. The molecular weight excluding hydrogens is 236 g/mol. The number of halogens is 1. The fourth-order valence-electron chi connectivity index (χ4n) is 2.03. The van der Waals surface area contributed by atoms with Crippen molar-refractivity contribution in [2.45, 2.75) is 34.1 Å². The van der Waals surface area contributed by atoms with E-state index in [1.165, 1.54) is 0 Å². The Morgan fingerprint density at radius 1 is 1.41 bits per heavy atom. The summed E-state index contributed by atoms with van der Waals surface area (Å²) in [7, 11) is 0. The first-order valence-corrected chi connectivity index (χ1v) is 6.20. The number of nitrogens with two attached hydrogens (primary N) is 1. The minimum atomic E-state index is 0.196. The van der Waals surface area contributed by atoms with E-state index in [0.717, 1.165) is 13.0 Å². The lowest BCUT2D eigenvalue weighted by Gasteiger charge is -2.27. The van der Waals surface area contributed by atoms with Gasteiger partial charge in [0.05, 0.1) is 0 Å². The zero-order valence-corrected chi connectivity index (χ0v) is 11.7. The maximum atomic E-state index is 5.81. The molecule has 0 radical (unpaired) electrons. The molecule has 0 unspecified atom stereocenters. The Bertz CT molecular complexity index is 357. The van der Waals surface area contributed by atoms with Crippen LogP contribution in [0.3, 0.4) is 0 Å². The largest absolute Gasteiger partial charge is 0.369 e. The smallest absolute Gasteiger partial charge is 0.223 e. The molecule has 1 aromatic rings. The van der Waals surface area contributed by atoms with Crippen LogP contribution in [-0.4, -0.2) is 16.5 Å². The van der Waals surface area contributed by atoms with Crippen molar-refractivity contribution < 1.29 is 0 Å². The van der Waals surface area contributed by atoms with E-state index in [9.17, 15) is 0 Å². The third-order valence-corrected chi connectivity index (χ3v) is 2.61. The number of anilines is 2. The van der Waals surface area contributed by atoms with Gasteiger partial charge in [0.1, 0.15) is 11.0 Å². The number of aromatic nitrogens is 2. The lowest BCUT2D eigenvalue weighted by atomic mass is 9.84. The molecule has 0 aliphatic rings. The highest BCUT2D eigenvalue weighted by molar-refractivity contribution is 6.29. The van der Waals surface area contributed by atoms with Crippen molar-refractivity contribution in [2.24, 2.45) is 11.3 Å². The van der Waals surface area contributed by atoms with E-state index >= 15 is 0 Å². The Labute approximate surface area is 108 Å². The Balaban J connectivity index is 2.60. The molecular formula is C12H21ClN4. The van der Waals surface area contributed by atoms with E-state index in [0.29, 0.717) is 16.9 Å². The summed E-state index contributed by atoms with van der Waals surface area (Å²) in [5, 5.41) is 3.62. The molecule has 1 aromatic heterocycles. The van der Waals surface area contributed by atoms with Gasteiger partial charge in [0.15, 0.2) is 0 Å². The highest BCUT2D eigenvalue weighted by atomic mass is 35.5. The van der Waals surface area contributed by atoms with Crippen molar-refractivity contribution in [3.63, 3.8) is 0 Å². The third kappa shape index (κ3) is 5.22. The van der Waals surface area contributed by atoms with Crippen LogP contribution >= 0.6 is 11.6 Å². The first kappa shape index (κ1) is 14.0. The third-order valence-electron chi connectivity index (χ3n) is 2.42. The van der Waals surface area contributed by atoms with Crippen LogP contribution in [0.25, 0.3) is 0 Å². The zero-order chi connectivity index (χ0) is 13.1. The van der Waals surface area contributed by atoms with Crippen LogP contribution < -0.4 is 11.1 Å². The molecule has 5 heteroatoms. The van der Waals surface area contributed by atoms with Crippen LogP contribution in [0, 0.1) is 11.3 Å². The van der Waals surface area contributed by atoms with E-state index in [1.54, 1.807) is 6.07 Å². The molecule has 0 bridgehead atoms. The molecule has 1 rings (SSSR count). The van der Waals surface area contributed by atoms with Crippen LogP contribution in [0.4, 0.5) is 11.8 Å². The zero-order valence-electron chi connectivity index (χ0n) is 10.9. The quantitative estimate of drug-likeness (QED) is 0.794. The summed E-state index contributed by atoms with van der Waals surface area (Å²) in [4.78, 5) is 7.91. The molecule has 4 nitrogen and oxygen atoms in total. The lowest BCUT2D eigenvalue weighted by Crippen LogP contribution is -2.25. The number of hydrogen-bond donors (Lipinski definition) is 2. The Morgan fingerprint density at radius 2 is 2.06 bits per heavy atom. The molecule has 0 fully saturated rings. The van der Waals surface area contributed by atoms with Gasteiger partial charge in [-0.05, 0) is 17.8 Å². The Kier molecular flexibility index (Phi) is 4.57. The molecule has 0 saturated heterocycles. The normalized spacial score (nSPS) is 11.9. The van der Waals surface area contributed by atoms with Gasteiger partial charge in [-0.25, -0.2) is 4.98 Å². The molecule has 17 heavy (non-hydrogen) atoms. The van der Waals surface area contributed by atoms with Crippen molar-refractivity contribution in [1.29, 1.82) is 0 Å². The molecule has 96 valence electrons. The van der Waals surface area contributed by atoms with Crippen LogP contribution in [0.2, 0.25) is 5.15 Å². The fourth-order valence-corrected chi connectivity index (χ4v) is 2.22. The second-order valence-corrected chi connectivity index (χ2v) is 5.94. The van der Waals surface area contributed by atoms with E-state index in [-0.39, 0.29) is 11.4 Å². The van der Waals surface area contributed by atoms with E-state index < -0.39 is 0 Å². The molecule has 3 N–H and O–H groups in total. The summed E-state index contributed by atoms with van der Waals surface area (Å²) in [6.45, 7) is 9.73. The topological polar surface area (TPSA) is 63.8 Å². The lowest BCUT2D eigenvalue weighted by molar-refractivity contribution is 0.306. The van der Waals surface area contributed by atoms with Crippen LogP contribution in [-0.2, 0) is 0 Å². The average molecular weight is 257 g/mol. The number of hydrogen-bond acceptors (Lipinski definition) is 4. The minimum absolute atomic E-state index is 0.196. The van der Waals surface area contributed by atoms with E-state index in [2.05, 4.69) is 43.0 Å². The summed E-state index contributed by atoms with van der Waals surface area (Å²) >= 11 is 5.81. The molecule has 0 amide bonds. The van der Waals surface area contributed by atoms with Gasteiger partial charge >= 0.3 is 0 Å². The predicted octanol–water partition coefficient (Wildman–Crippen LogP) is 3.20. The van der Waals surface area contributed by atoms with Gasteiger partial charge in [-0.1, -0.05) is 39.3 Å². The maximum Gasteiger partial charge on any atom is 0.223 e. The number of nitrogens with zero attached hydrogens (tertiary/aromatic N) is 2. The molecule has 0 aliphatic carbocycles. The number of nitrogens with one attached hydrogen (secondary N) is 1. The van der Waals surface area contributed by atoms with E-state index in [1.807, 2.05) is 0 Å². The summed E-state index contributed by atoms with van der Waals surface area (Å²) in [5.74, 6) is 1.55. The molecule has 0 spiro atoms.